The van der Waals surface area contributed by atoms with Crippen molar-refractivity contribution < 1.29 is 14.3 Å². The van der Waals surface area contributed by atoms with Crippen molar-refractivity contribution in [2.75, 3.05) is 6.61 Å². The lowest BCUT2D eigenvalue weighted by Crippen LogP contribution is -2.05. The smallest absolute Gasteiger partial charge is 0.305 e. The zero-order valence-corrected chi connectivity index (χ0v) is 8.97. The normalized spacial score (nSPS) is 9.57. The van der Waals surface area contributed by atoms with Gasteiger partial charge in [0.2, 0.25) is 0 Å². The van der Waals surface area contributed by atoms with Crippen LogP contribution in [0.3, 0.4) is 0 Å². The number of hydrogen-bond acceptors (Lipinski definition) is 3. The van der Waals surface area contributed by atoms with Gasteiger partial charge in [0.1, 0.15) is 5.78 Å². The average molecular weight is 198 g/mol. The van der Waals surface area contributed by atoms with E-state index in [-0.39, 0.29) is 11.8 Å². The Bertz CT molecular complexity index is 219. The molecule has 0 amide bonds. The number of esters is 1. The van der Waals surface area contributed by atoms with Gasteiger partial charge in [0.05, 0.1) is 6.61 Å². The predicted octanol–water partition coefficient (Wildman–Crippen LogP) is 2.26. The second-order valence-electron chi connectivity index (χ2n) is 3.33. The van der Waals surface area contributed by atoms with Crippen LogP contribution in [0.25, 0.3) is 0 Å². The Morgan fingerprint density at radius 3 is 2.43 bits per heavy atom. The first kappa shape index (κ1) is 12.9. The Morgan fingerprint density at radius 1 is 1.29 bits per heavy atom. The number of ether oxygens (including phenoxy) is 1. The Morgan fingerprint density at radius 2 is 1.93 bits per heavy atom. The van der Waals surface area contributed by atoms with E-state index in [0.29, 0.717) is 32.3 Å². The molecule has 3 nitrogen and oxygen atoms in total. The SMILES string of the molecule is C=C(C)CC(=O)CCCC(=O)OCC. The molecule has 0 aromatic carbocycles. The molecule has 0 unspecified atom stereocenters. The van der Waals surface area contributed by atoms with Crippen molar-refractivity contribution in [2.24, 2.45) is 0 Å². The fourth-order valence-electron chi connectivity index (χ4n) is 1.09. The summed E-state index contributed by atoms with van der Waals surface area (Å²) >= 11 is 0. The van der Waals surface area contributed by atoms with Crippen LogP contribution in [-0.2, 0) is 14.3 Å². The summed E-state index contributed by atoms with van der Waals surface area (Å²) in [6, 6.07) is 0. The van der Waals surface area contributed by atoms with Crippen LogP contribution in [0.5, 0.6) is 0 Å². The number of allylic oxidation sites excluding steroid dienone is 1. The van der Waals surface area contributed by atoms with Crippen molar-refractivity contribution in [1.29, 1.82) is 0 Å². The van der Waals surface area contributed by atoms with E-state index in [2.05, 4.69) is 6.58 Å². The molecule has 0 N–H and O–H groups in total. The molecule has 0 fully saturated rings. The molecule has 0 saturated heterocycles. The third kappa shape index (κ3) is 7.53. The molecule has 0 heterocycles. The molecule has 0 saturated carbocycles. The van der Waals surface area contributed by atoms with Gasteiger partial charge in [-0.2, -0.15) is 0 Å². The zero-order valence-electron chi connectivity index (χ0n) is 8.97. The first-order chi connectivity index (χ1) is 6.56. The molecule has 80 valence electrons. The quantitative estimate of drug-likeness (QED) is 0.465. The van der Waals surface area contributed by atoms with Crippen molar-refractivity contribution in [3.05, 3.63) is 12.2 Å². The Labute approximate surface area is 85.1 Å². The lowest BCUT2D eigenvalue weighted by molar-refractivity contribution is -0.143. The summed E-state index contributed by atoms with van der Waals surface area (Å²) in [6.07, 6.45) is 1.76. The van der Waals surface area contributed by atoms with Gasteiger partial charge in [-0.1, -0.05) is 12.2 Å². The summed E-state index contributed by atoms with van der Waals surface area (Å²) in [5.74, 6) is -0.0857. The second kappa shape index (κ2) is 7.30. The van der Waals surface area contributed by atoms with Gasteiger partial charge in [0, 0.05) is 19.3 Å². The van der Waals surface area contributed by atoms with E-state index in [9.17, 15) is 9.59 Å². The van der Waals surface area contributed by atoms with Crippen LogP contribution in [-0.4, -0.2) is 18.4 Å². The van der Waals surface area contributed by atoms with Gasteiger partial charge < -0.3 is 4.74 Å². The molecular weight excluding hydrogens is 180 g/mol. The van der Waals surface area contributed by atoms with Gasteiger partial charge in [-0.05, 0) is 20.3 Å². The summed E-state index contributed by atoms with van der Waals surface area (Å²) in [5, 5.41) is 0. The molecule has 0 aliphatic rings. The predicted molar refractivity (Wildman–Crippen MR) is 54.9 cm³/mol. The summed E-state index contributed by atoms with van der Waals surface area (Å²) in [4.78, 5) is 22.1. The van der Waals surface area contributed by atoms with Crippen molar-refractivity contribution in [2.45, 2.75) is 39.5 Å². The van der Waals surface area contributed by atoms with Gasteiger partial charge >= 0.3 is 5.97 Å². The van der Waals surface area contributed by atoms with E-state index in [4.69, 9.17) is 4.74 Å². The number of hydrogen-bond donors (Lipinski definition) is 0. The largest absolute Gasteiger partial charge is 0.466 e. The maximum absolute atomic E-state index is 11.2. The van der Waals surface area contributed by atoms with E-state index in [0.717, 1.165) is 5.57 Å². The molecule has 0 aliphatic heterocycles. The minimum Gasteiger partial charge on any atom is -0.466 e. The van der Waals surface area contributed by atoms with E-state index >= 15 is 0 Å². The number of Topliss-reactive ketones (excluding diaryl/α,β-unsaturated/α-hetero) is 1. The highest BCUT2D eigenvalue weighted by atomic mass is 16.5. The van der Waals surface area contributed by atoms with E-state index in [1.165, 1.54) is 0 Å². The van der Waals surface area contributed by atoms with Gasteiger partial charge in [-0.3, -0.25) is 9.59 Å². The third-order valence-electron chi connectivity index (χ3n) is 1.64. The first-order valence-corrected chi connectivity index (χ1v) is 4.88. The topological polar surface area (TPSA) is 43.4 Å². The summed E-state index contributed by atoms with van der Waals surface area (Å²) in [7, 11) is 0. The molecular formula is C11H18O3. The Balaban J connectivity index is 3.49. The fraction of sp³-hybridized carbons (Fsp3) is 0.636. The second-order valence-corrected chi connectivity index (χ2v) is 3.33. The van der Waals surface area contributed by atoms with Crippen molar-refractivity contribution >= 4 is 11.8 Å². The van der Waals surface area contributed by atoms with Crippen LogP contribution in [0.1, 0.15) is 39.5 Å². The minimum absolute atomic E-state index is 0.141. The molecule has 0 bridgehead atoms. The first-order valence-electron chi connectivity index (χ1n) is 4.88. The van der Waals surface area contributed by atoms with Gasteiger partial charge in [-0.25, -0.2) is 0 Å². The summed E-state index contributed by atoms with van der Waals surface area (Å²) in [5.41, 5.74) is 0.867. The molecule has 0 atom stereocenters. The lowest BCUT2D eigenvalue weighted by Gasteiger charge is -2.01. The number of carbonyl (C=O) groups excluding carboxylic acids is 2. The number of ketones is 1. The Kier molecular flexibility index (Phi) is 6.72. The summed E-state index contributed by atoms with van der Waals surface area (Å²) < 4.78 is 4.74. The third-order valence-corrected chi connectivity index (χ3v) is 1.64. The summed E-state index contributed by atoms with van der Waals surface area (Å²) in [6.45, 7) is 7.65. The van der Waals surface area contributed by atoms with Crippen molar-refractivity contribution in [1.82, 2.24) is 0 Å². The lowest BCUT2D eigenvalue weighted by atomic mass is 10.1. The maximum atomic E-state index is 11.2. The van der Waals surface area contributed by atoms with Gasteiger partial charge in [-0.15, -0.1) is 0 Å². The standard InChI is InChI=1S/C11H18O3/c1-4-14-11(13)7-5-6-10(12)8-9(2)3/h2,4-8H2,1,3H3. The van der Waals surface area contributed by atoms with E-state index in [1.807, 2.05) is 6.92 Å². The van der Waals surface area contributed by atoms with Crippen LogP contribution in [0.15, 0.2) is 12.2 Å². The average Bonchev–Trinajstić information content (AvgIpc) is 2.02. The highest BCUT2D eigenvalue weighted by Gasteiger charge is 2.05. The van der Waals surface area contributed by atoms with Crippen LogP contribution in [0.2, 0.25) is 0 Å². The van der Waals surface area contributed by atoms with Crippen LogP contribution in [0.4, 0.5) is 0 Å². The van der Waals surface area contributed by atoms with E-state index in [1.54, 1.807) is 6.92 Å². The molecule has 14 heavy (non-hydrogen) atoms. The molecule has 0 aliphatic carbocycles. The number of rotatable bonds is 7. The molecule has 0 spiro atoms. The monoisotopic (exact) mass is 198 g/mol. The minimum atomic E-state index is -0.226. The van der Waals surface area contributed by atoms with Gasteiger partial charge in [0.25, 0.3) is 0 Å². The zero-order chi connectivity index (χ0) is 11.0. The van der Waals surface area contributed by atoms with E-state index < -0.39 is 0 Å². The Hall–Kier alpha value is -1.12. The highest BCUT2D eigenvalue weighted by Crippen LogP contribution is 2.04. The van der Waals surface area contributed by atoms with Crippen molar-refractivity contribution in [3.63, 3.8) is 0 Å². The van der Waals surface area contributed by atoms with Crippen LogP contribution < -0.4 is 0 Å². The van der Waals surface area contributed by atoms with Crippen molar-refractivity contribution in [3.8, 4) is 0 Å². The molecule has 0 rings (SSSR count). The van der Waals surface area contributed by atoms with Crippen LogP contribution in [0, 0.1) is 0 Å². The molecule has 0 aromatic rings. The van der Waals surface area contributed by atoms with Gasteiger partial charge in [0.15, 0.2) is 0 Å². The maximum Gasteiger partial charge on any atom is 0.305 e. The van der Waals surface area contributed by atoms with Crippen LogP contribution >= 0.6 is 0 Å². The molecule has 0 radical (unpaired) electrons. The highest BCUT2D eigenvalue weighted by molar-refractivity contribution is 5.81. The number of carbonyl (C=O) groups is 2. The molecule has 3 heteroatoms. The fourth-order valence-corrected chi connectivity index (χ4v) is 1.09. The molecule has 0 aromatic heterocycles.